The highest BCUT2D eigenvalue weighted by molar-refractivity contribution is 8.00. The van der Waals surface area contributed by atoms with Crippen LogP contribution in [0.15, 0.2) is 259 Å². The first-order valence-corrected chi connectivity index (χ1v) is 32.6. The van der Waals surface area contributed by atoms with Crippen molar-refractivity contribution in [1.29, 1.82) is 0 Å². The first kappa shape index (κ1) is 50.3. The van der Waals surface area contributed by atoms with E-state index in [9.17, 15) is 0 Å². The van der Waals surface area contributed by atoms with Gasteiger partial charge in [-0.3, -0.25) is 0 Å². The molecule has 1 saturated heterocycles. The molecular formula is C80H64B2N4S. The van der Waals surface area contributed by atoms with Crippen molar-refractivity contribution in [2.45, 2.75) is 80.2 Å². The zero-order valence-corrected chi connectivity index (χ0v) is 50.2. The molecular weight excluding hydrogens is 1070 g/mol. The Kier molecular flexibility index (Phi) is 10.7. The van der Waals surface area contributed by atoms with Gasteiger partial charge in [0.1, 0.15) is 0 Å². The number of hydrogen-bond acceptors (Lipinski definition) is 5. The van der Waals surface area contributed by atoms with E-state index in [2.05, 4.69) is 289 Å². The molecule has 0 radical (unpaired) electrons. The summed E-state index contributed by atoms with van der Waals surface area (Å²) in [6, 6.07) is 96.6. The fraction of sp³-hybridized carbons (Fsp3) is 0.175. The molecule has 5 aliphatic heterocycles. The fourth-order valence-corrected chi connectivity index (χ4v) is 19.5. The van der Waals surface area contributed by atoms with Crippen LogP contribution in [0.5, 0.6) is 0 Å². The Morgan fingerprint density at radius 1 is 0.379 bits per heavy atom. The SMILES string of the molecule is CC(C)(C)c1cc2c3c(c1)N(c1ccccc1)c1ccccc1B3c1cc3c(cc1S2)N(c1c(-c2ccccc2)cc(-c2ccccc2)cc1-c1ccccc1)c1cc(N2C4CC5CC6CC2CC56C4)cc2c1B3c1ccccc1N2c1ccccc1. The summed E-state index contributed by atoms with van der Waals surface area (Å²) in [6.07, 6.45) is 6.73. The third kappa shape index (κ3) is 7.24. The Labute approximate surface area is 516 Å². The lowest BCUT2D eigenvalue weighted by Gasteiger charge is -2.49. The molecule has 416 valence electrons. The van der Waals surface area contributed by atoms with Crippen LogP contribution in [-0.2, 0) is 5.41 Å². The van der Waals surface area contributed by atoms with E-state index in [1.807, 2.05) is 11.8 Å². The Hall–Kier alpha value is -8.90. The molecule has 0 N–H and O–H groups in total. The highest BCUT2D eigenvalue weighted by Gasteiger charge is 2.69. The monoisotopic (exact) mass is 1130 g/mol. The first-order chi connectivity index (χ1) is 42.7. The topological polar surface area (TPSA) is 13.0 Å². The molecule has 3 saturated carbocycles. The maximum absolute atomic E-state index is 2.98. The van der Waals surface area contributed by atoms with Gasteiger partial charge in [0.2, 0.25) is 6.71 Å². The van der Waals surface area contributed by atoms with E-state index in [-0.39, 0.29) is 18.8 Å². The second kappa shape index (κ2) is 18.6. The molecule has 0 aromatic heterocycles. The summed E-state index contributed by atoms with van der Waals surface area (Å²) in [4.78, 5) is 13.6. The number of hydrogen-bond donors (Lipinski definition) is 0. The number of rotatable bonds is 7. The van der Waals surface area contributed by atoms with Crippen LogP contribution in [0.4, 0.5) is 56.9 Å². The largest absolute Gasteiger partial charge is 0.365 e. The summed E-state index contributed by atoms with van der Waals surface area (Å²) >= 11 is 1.99. The molecule has 4 nitrogen and oxygen atoms in total. The molecule has 4 unspecified atom stereocenters. The Bertz CT molecular complexity index is 4560. The van der Waals surface area contributed by atoms with E-state index in [1.54, 1.807) is 0 Å². The number of nitrogens with zero attached hydrogens (tertiary/aromatic N) is 4. The van der Waals surface area contributed by atoms with Gasteiger partial charge in [0.05, 0.1) is 5.69 Å². The summed E-state index contributed by atoms with van der Waals surface area (Å²) in [5.74, 6) is 1.73. The van der Waals surface area contributed by atoms with Gasteiger partial charge >= 0.3 is 0 Å². The average Bonchev–Trinajstić information content (AvgIpc) is 1.72. The van der Waals surface area contributed by atoms with Crippen LogP contribution in [0.1, 0.15) is 58.4 Å². The van der Waals surface area contributed by atoms with Gasteiger partial charge < -0.3 is 19.6 Å². The third-order valence-corrected chi connectivity index (χ3v) is 23.0. The number of piperidine rings is 1. The lowest BCUT2D eigenvalue weighted by atomic mass is 9.31. The molecule has 3 aliphatic carbocycles. The van der Waals surface area contributed by atoms with Crippen LogP contribution in [0.2, 0.25) is 0 Å². The van der Waals surface area contributed by atoms with Crippen LogP contribution < -0.4 is 52.4 Å². The minimum atomic E-state index is -0.0875. The van der Waals surface area contributed by atoms with Gasteiger partial charge in [-0.05, 0) is 189 Å². The quantitative estimate of drug-likeness (QED) is 0.147. The van der Waals surface area contributed by atoms with Crippen molar-refractivity contribution in [2.24, 2.45) is 17.3 Å². The van der Waals surface area contributed by atoms with E-state index in [0.29, 0.717) is 17.5 Å². The minimum absolute atomic E-state index is 0.00162. The van der Waals surface area contributed by atoms with Crippen LogP contribution >= 0.6 is 11.8 Å². The van der Waals surface area contributed by atoms with Gasteiger partial charge in [0.25, 0.3) is 6.71 Å². The summed E-state index contributed by atoms with van der Waals surface area (Å²) in [5, 5.41) is 0. The van der Waals surface area contributed by atoms with Crippen molar-refractivity contribution in [3.8, 4) is 33.4 Å². The van der Waals surface area contributed by atoms with E-state index in [4.69, 9.17) is 0 Å². The van der Waals surface area contributed by atoms with Gasteiger partial charge in [-0.25, -0.2) is 0 Å². The minimum Gasteiger partial charge on any atom is -0.365 e. The van der Waals surface area contributed by atoms with E-state index in [1.165, 1.54) is 170 Å². The molecule has 0 amide bonds. The van der Waals surface area contributed by atoms with E-state index < -0.39 is 0 Å². The Morgan fingerprint density at radius 2 is 0.862 bits per heavy atom. The van der Waals surface area contributed by atoms with Crippen molar-refractivity contribution in [1.82, 2.24) is 0 Å². The zero-order valence-electron chi connectivity index (χ0n) is 49.4. The number of anilines is 10. The van der Waals surface area contributed by atoms with Gasteiger partial charge in [-0.1, -0.05) is 208 Å². The molecule has 5 heterocycles. The molecule has 19 rings (SSSR count). The van der Waals surface area contributed by atoms with E-state index in [0.717, 1.165) is 11.8 Å². The molecule has 3 bridgehead atoms. The normalized spacial score (nSPS) is 20.9. The number of fused-ring (bicyclic) bond motifs is 10. The molecule has 7 heteroatoms. The molecule has 8 aliphatic rings. The summed E-state index contributed by atoms with van der Waals surface area (Å²) in [7, 11) is 0. The predicted octanol–water partition coefficient (Wildman–Crippen LogP) is 16.6. The lowest BCUT2D eigenvalue weighted by Crippen LogP contribution is -2.64. The molecule has 4 atom stereocenters. The maximum Gasteiger partial charge on any atom is 0.252 e. The Morgan fingerprint density at radius 3 is 1.41 bits per heavy atom. The molecule has 87 heavy (non-hydrogen) atoms. The highest BCUT2D eigenvalue weighted by Crippen LogP contribution is 2.73. The molecule has 4 fully saturated rings. The Balaban J connectivity index is 0.947. The van der Waals surface area contributed by atoms with E-state index >= 15 is 0 Å². The van der Waals surface area contributed by atoms with Crippen molar-refractivity contribution in [2.75, 3.05) is 19.6 Å². The molecule has 11 aromatic rings. The third-order valence-electron chi connectivity index (χ3n) is 21.9. The van der Waals surface area contributed by atoms with Crippen molar-refractivity contribution >= 4 is 115 Å². The molecule has 11 aromatic carbocycles. The molecule has 1 spiro atoms. The van der Waals surface area contributed by atoms with Crippen LogP contribution in [0, 0.1) is 17.3 Å². The summed E-state index contributed by atoms with van der Waals surface area (Å²) < 4.78 is 0. The van der Waals surface area contributed by atoms with Gasteiger partial charge in [0, 0.05) is 84.2 Å². The predicted molar refractivity (Wildman–Crippen MR) is 368 cm³/mol. The standard InChI is InChI=1S/C80H64B2N4S/c1-79(2,3)54-42-71-77-75(43-54)87-74-47-70-66(46-67(74)82(77)65-34-20-22-36-69(65)84(71)57-29-15-7-16-30-57)81-64-33-19-21-35-68(64)85(58-31-17-8-18-32-58)72-44-59(83-60-40-55-39-56-41-61(83)49-80(55,56)48-60)45-73(76(72)81)86(70)78-62(51-25-11-5-12-26-51)37-53(50-23-9-4-10-24-50)38-63(78)52-27-13-6-14-28-52/h4-38,42-47,55-56,60-61H,39-41,48-49H2,1-3H3. The second-order valence-electron chi connectivity index (χ2n) is 27.2. The van der Waals surface area contributed by atoms with Gasteiger partial charge in [-0.15, -0.1) is 0 Å². The average molecular weight is 1140 g/mol. The lowest BCUT2D eigenvalue weighted by molar-refractivity contribution is 0.00224. The fourth-order valence-electron chi connectivity index (χ4n) is 18.2. The van der Waals surface area contributed by atoms with Crippen molar-refractivity contribution in [3.05, 3.63) is 254 Å². The summed E-state index contributed by atoms with van der Waals surface area (Å²) in [5.41, 5.74) is 29.7. The highest BCUT2D eigenvalue weighted by atomic mass is 32.2. The van der Waals surface area contributed by atoms with Gasteiger partial charge in [0.15, 0.2) is 0 Å². The van der Waals surface area contributed by atoms with Crippen molar-refractivity contribution < 1.29 is 0 Å². The smallest absolute Gasteiger partial charge is 0.252 e. The van der Waals surface area contributed by atoms with Gasteiger partial charge in [-0.2, -0.15) is 0 Å². The van der Waals surface area contributed by atoms with Crippen molar-refractivity contribution in [3.63, 3.8) is 0 Å². The first-order valence-electron chi connectivity index (χ1n) is 31.8. The van der Waals surface area contributed by atoms with Crippen LogP contribution in [0.25, 0.3) is 33.4 Å². The van der Waals surface area contributed by atoms with Crippen LogP contribution in [0.3, 0.4) is 0 Å². The second-order valence-corrected chi connectivity index (χ2v) is 28.3. The number of benzene rings is 11. The maximum atomic E-state index is 2.98. The zero-order chi connectivity index (χ0) is 57.4. The summed E-state index contributed by atoms with van der Waals surface area (Å²) in [6.45, 7) is 7.05. The van der Waals surface area contributed by atoms with Crippen LogP contribution in [-0.4, -0.2) is 25.5 Å². The number of para-hydroxylation sites is 4.